The minimum absolute atomic E-state index is 0. The molecule has 0 fully saturated rings. The van der Waals surface area contributed by atoms with Gasteiger partial charge in [-0.15, -0.1) is 0 Å². The van der Waals surface area contributed by atoms with Crippen molar-refractivity contribution in [3.8, 4) is 0 Å². The first-order valence-electron chi connectivity index (χ1n) is 3.79. The van der Waals surface area contributed by atoms with E-state index in [1.807, 2.05) is 0 Å². The molecule has 0 aliphatic carbocycles. The fourth-order valence-corrected chi connectivity index (χ4v) is 0.875. The largest absolute Gasteiger partial charge is 1.00 e. The Kier molecular flexibility index (Phi) is 12.6. The van der Waals surface area contributed by atoms with Gasteiger partial charge in [-0.1, -0.05) is 13.3 Å². The number of nitrogens with zero attached hydrogens (tertiary/aromatic N) is 1. The van der Waals surface area contributed by atoms with Gasteiger partial charge in [0.2, 0.25) is 0 Å². The molecule has 0 atom stereocenters. The van der Waals surface area contributed by atoms with E-state index >= 15 is 0 Å². The molecule has 0 saturated heterocycles. The van der Waals surface area contributed by atoms with Crippen LogP contribution in [0.1, 0.15) is 26.2 Å². The van der Waals surface area contributed by atoms with Crippen LogP contribution in [-0.2, 0) is 0 Å². The fourth-order valence-electron chi connectivity index (χ4n) is 0.875. The molecule has 0 aromatic rings. The molecule has 0 radical (unpaired) electrons. The van der Waals surface area contributed by atoms with Crippen molar-refractivity contribution in [3.05, 3.63) is 6.92 Å². The molecule has 0 aliphatic heterocycles. The Labute approximate surface area is 77.4 Å². The van der Waals surface area contributed by atoms with Crippen LogP contribution in [0.25, 0.3) is 0 Å². The van der Waals surface area contributed by atoms with E-state index < -0.39 is 0 Å². The minimum Gasteiger partial charge on any atom is -0.343 e. The summed E-state index contributed by atoms with van der Waals surface area (Å²) in [5.41, 5.74) is 0. The van der Waals surface area contributed by atoms with Gasteiger partial charge in [0.25, 0.3) is 0 Å². The molecule has 0 amide bonds. The molecule has 0 bridgehead atoms. The number of hydrogen-bond acceptors (Lipinski definition) is 1. The number of unbranched alkanes of at least 4 members (excludes halogenated alkanes) is 1. The van der Waals surface area contributed by atoms with Gasteiger partial charge in [-0.2, -0.15) is 6.42 Å². The van der Waals surface area contributed by atoms with Crippen molar-refractivity contribution in [2.75, 3.05) is 20.1 Å². The maximum Gasteiger partial charge on any atom is 1.00 e. The van der Waals surface area contributed by atoms with E-state index in [4.69, 9.17) is 0 Å². The van der Waals surface area contributed by atoms with E-state index in [1.165, 1.54) is 25.9 Å². The Bertz CT molecular complexity index is 57.2. The first-order chi connectivity index (χ1) is 4.31. The molecule has 0 aromatic heterocycles. The normalized spacial score (nSPS) is 9.60. The predicted octanol–water partition coefficient (Wildman–Crippen LogP) is -1.05. The van der Waals surface area contributed by atoms with Crippen LogP contribution < -0.4 is 18.9 Å². The van der Waals surface area contributed by atoms with Crippen LogP contribution in [0.4, 0.5) is 0 Å². The molecule has 0 N–H and O–H groups in total. The summed E-state index contributed by atoms with van der Waals surface area (Å²) in [5.74, 6) is 0. The zero-order valence-electron chi connectivity index (χ0n) is 7.69. The van der Waals surface area contributed by atoms with Gasteiger partial charge in [-0.25, -0.2) is 0 Å². The van der Waals surface area contributed by atoms with Gasteiger partial charge < -0.3 is 11.8 Å². The van der Waals surface area contributed by atoms with Crippen LogP contribution in [0.5, 0.6) is 0 Å². The zero-order valence-corrected chi connectivity index (χ0v) is 7.69. The second-order valence-electron chi connectivity index (χ2n) is 2.51. The quantitative estimate of drug-likeness (QED) is 0.343. The van der Waals surface area contributed by atoms with Crippen molar-refractivity contribution in [1.82, 2.24) is 4.90 Å². The summed E-state index contributed by atoms with van der Waals surface area (Å²) in [6.07, 6.45) is 3.55. The Morgan fingerprint density at radius 2 is 1.90 bits per heavy atom. The molecule has 0 aromatic carbocycles. The average Bonchev–Trinajstić information content (AvgIpc) is 1.85. The van der Waals surface area contributed by atoms with E-state index in [0.717, 1.165) is 6.42 Å². The maximum absolute atomic E-state index is 3.79. The van der Waals surface area contributed by atoms with Gasteiger partial charge in [0.05, 0.1) is 0 Å². The standard InChI is InChI=1S/C8H18N.Li/c1-4-6-8-9(3)7-5-2;/h1,4-8H2,2-3H3;/q-1;+1. The van der Waals surface area contributed by atoms with Crippen molar-refractivity contribution in [2.24, 2.45) is 0 Å². The monoisotopic (exact) mass is 135 g/mol. The van der Waals surface area contributed by atoms with E-state index in [1.54, 1.807) is 0 Å². The molecule has 0 saturated carbocycles. The van der Waals surface area contributed by atoms with E-state index in [-0.39, 0.29) is 18.9 Å². The molecular formula is C8H18LiN. The summed E-state index contributed by atoms with van der Waals surface area (Å²) in [6, 6.07) is 0. The van der Waals surface area contributed by atoms with Crippen LogP contribution in [-0.4, -0.2) is 25.0 Å². The first-order valence-corrected chi connectivity index (χ1v) is 3.79. The van der Waals surface area contributed by atoms with E-state index in [2.05, 4.69) is 25.8 Å². The molecular weight excluding hydrogens is 117 g/mol. The van der Waals surface area contributed by atoms with Crippen molar-refractivity contribution in [3.63, 3.8) is 0 Å². The average molecular weight is 135 g/mol. The SMILES string of the molecule is [CH2-]CCCN(C)CCC.[Li+]. The minimum atomic E-state index is 0. The van der Waals surface area contributed by atoms with Crippen molar-refractivity contribution >= 4 is 0 Å². The third-order valence-electron chi connectivity index (χ3n) is 1.40. The molecule has 0 spiro atoms. The topological polar surface area (TPSA) is 3.24 Å². The fraction of sp³-hybridized carbons (Fsp3) is 0.875. The summed E-state index contributed by atoms with van der Waals surface area (Å²) in [5, 5.41) is 0. The zero-order chi connectivity index (χ0) is 7.11. The third kappa shape index (κ3) is 8.56. The van der Waals surface area contributed by atoms with Gasteiger partial charge >= 0.3 is 18.9 Å². The Morgan fingerprint density at radius 3 is 2.30 bits per heavy atom. The molecule has 0 heterocycles. The van der Waals surface area contributed by atoms with Gasteiger partial charge in [-0.05, 0) is 26.6 Å². The smallest absolute Gasteiger partial charge is 0.343 e. The van der Waals surface area contributed by atoms with Crippen molar-refractivity contribution in [2.45, 2.75) is 26.2 Å². The summed E-state index contributed by atoms with van der Waals surface area (Å²) >= 11 is 0. The molecule has 2 heteroatoms. The Morgan fingerprint density at radius 1 is 1.30 bits per heavy atom. The molecule has 0 unspecified atom stereocenters. The first kappa shape index (κ1) is 13.2. The summed E-state index contributed by atoms with van der Waals surface area (Å²) < 4.78 is 0. The molecule has 56 valence electrons. The number of rotatable bonds is 5. The molecule has 0 rings (SSSR count). The van der Waals surface area contributed by atoms with Gasteiger partial charge in [-0.3, -0.25) is 0 Å². The van der Waals surface area contributed by atoms with Crippen LogP contribution in [0.15, 0.2) is 0 Å². The van der Waals surface area contributed by atoms with E-state index in [0.29, 0.717) is 0 Å². The van der Waals surface area contributed by atoms with Crippen LogP contribution in [0, 0.1) is 6.92 Å². The second kappa shape index (κ2) is 9.56. The van der Waals surface area contributed by atoms with Crippen LogP contribution >= 0.6 is 0 Å². The molecule has 10 heavy (non-hydrogen) atoms. The molecule has 1 nitrogen and oxygen atoms in total. The van der Waals surface area contributed by atoms with Crippen molar-refractivity contribution < 1.29 is 18.9 Å². The van der Waals surface area contributed by atoms with Gasteiger partial charge in [0, 0.05) is 0 Å². The van der Waals surface area contributed by atoms with Gasteiger partial charge in [0.15, 0.2) is 0 Å². The van der Waals surface area contributed by atoms with Gasteiger partial charge in [0.1, 0.15) is 0 Å². The summed E-state index contributed by atoms with van der Waals surface area (Å²) in [4.78, 5) is 2.35. The maximum atomic E-state index is 3.79. The van der Waals surface area contributed by atoms with Crippen molar-refractivity contribution in [1.29, 1.82) is 0 Å². The predicted molar refractivity (Wildman–Crippen MR) is 42.4 cm³/mol. The summed E-state index contributed by atoms with van der Waals surface area (Å²) in [6.45, 7) is 8.43. The second-order valence-corrected chi connectivity index (χ2v) is 2.51. The van der Waals surface area contributed by atoms with Crippen LogP contribution in [0.3, 0.4) is 0 Å². The molecule has 0 aliphatic rings. The number of hydrogen-bond donors (Lipinski definition) is 0. The summed E-state index contributed by atoms with van der Waals surface area (Å²) in [7, 11) is 2.17. The Balaban J connectivity index is 0. The van der Waals surface area contributed by atoms with Crippen LogP contribution in [0.2, 0.25) is 0 Å². The third-order valence-corrected chi connectivity index (χ3v) is 1.40. The van der Waals surface area contributed by atoms with E-state index in [9.17, 15) is 0 Å². The Hall–Kier alpha value is 0.557.